The molecule has 0 saturated heterocycles. The fourth-order valence-electron chi connectivity index (χ4n) is 2.56. The molecule has 0 heterocycles. The van der Waals surface area contributed by atoms with Crippen molar-refractivity contribution in [1.82, 2.24) is 0 Å². The van der Waals surface area contributed by atoms with Crippen molar-refractivity contribution in [2.75, 3.05) is 0 Å². The van der Waals surface area contributed by atoms with Crippen molar-refractivity contribution in [2.45, 2.75) is 13.3 Å². The lowest BCUT2D eigenvalue weighted by molar-refractivity contribution is 0.0979. The van der Waals surface area contributed by atoms with Crippen molar-refractivity contribution in [3.63, 3.8) is 0 Å². The molecule has 0 aromatic heterocycles. The van der Waals surface area contributed by atoms with Crippen LogP contribution >= 0.6 is 0 Å². The van der Waals surface area contributed by atoms with Gasteiger partial charge in [0.1, 0.15) is 0 Å². The first-order chi connectivity index (χ1) is 9.65. The molecule has 0 saturated carbocycles. The van der Waals surface area contributed by atoms with Crippen LogP contribution in [-0.2, 0) is 6.42 Å². The Morgan fingerprint density at radius 2 is 1.50 bits per heavy atom. The summed E-state index contributed by atoms with van der Waals surface area (Å²) >= 11 is 0. The molecule has 0 amide bonds. The van der Waals surface area contributed by atoms with Gasteiger partial charge >= 0.3 is 0 Å². The summed E-state index contributed by atoms with van der Waals surface area (Å²) in [6.07, 6.45) is 2.52. The monoisotopic (exact) mass is 262 g/mol. The Morgan fingerprint density at radius 1 is 0.900 bits per heavy atom. The number of aryl methyl sites for hydroxylation is 1. The lowest BCUT2D eigenvalue weighted by Gasteiger charge is -2.18. The van der Waals surface area contributed by atoms with Crippen molar-refractivity contribution in [3.05, 3.63) is 76.4 Å². The second-order valence-corrected chi connectivity index (χ2v) is 4.90. The van der Waals surface area contributed by atoms with Crippen LogP contribution in [0.5, 0.6) is 0 Å². The van der Waals surface area contributed by atoms with Gasteiger partial charge in [0.05, 0.1) is 0 Å². The molecule has 0 unspecified atom stereocenters. The first kappa shape index (κ1) is 12.5. The standard InChI is InChI=1S/C18H14O2/c1-3-11-5-7-13-15(9-11)17(19)14-8-6-12(4-2)10-16(14)18(13)20/h3,5-10H,1,4H2,2H3. The molecule has 3 rings (SSSR count). The number of rotatable bonds is 2. The molecule has 1 aliphatic rings. The van der Waals surface area contributed by atoms with E-state index >= 15 is 0 Å². The predicted molar refractivity (Wildman–Crippen MR) is 79.2 cm³/mol. The number of ketones is 2. The molecule has 0 aliphatic heterocycles. The van der Waals surface area contributed by atoms with Crippen LogP contribution < -0.4 is 0 Å². The van der Waals surface area contributed by atoms with Gasteiger partial charge in [-0.3, -0.25) is 9.59 Å². The van der Waals surface area contributed by atoms with Crippen LogP contribution in [0.2, 0.25) is 0 Å². The van der Waals surface area contributed by atoms with Gasteiger partial charge in [-0.25, -0.2) is 0 Å². The van der Waals surface area contributed by atoms with Gasteiger partial charge in [0.15, 0.2) is 11.6 Å². The van der Waals surface area contributed by atoms with Crippen LogP contribution in [0.3, 0.4) is 0 Å². The lowest BCUT2D eigenvalue weighted by Crippen LogP contribution is -2.21. The van der Waals surface area contributed by atoms with Crippen molar-refractivity contribution in [3.8, 4) is 0 Å². The van der Waals surface area contributed by atoms with Gasteiger partial charge in [-0.15, -0.1) is 0 Å². The van der Waals surface area contributed by atoms with Crippen LogP contribution in [-0.4, -0.2) is 11.6 Å². The fraction of sp³-hybridized carbons (Fsp3) is 0.111. The van der Waals surface area contributed by atoms with Crippen molar-refractivity contribution in [1.29, 1.82) is 0 Å². The molecule has 0 bridgehead atoms. The van der Waals surface area contributed by atoms with Gasteiger partial charge in [-0.2, -0.15) is 0 Å². The van der Waals surface area contributed by atoms with E-state index in [1.807, 2.05) is 25.1 Å². The zero-order valence-corrected chi connectivity index (χ0v) is 11.3. The summed E-state index contributed by atoms with van der Waals surface area (Å²) in [5.74, 6) is -0.151. The summed E-state index contributed by atoms with van der Waals surface area (Å²) in [6.45, 7) is 5.72. The number of carbonyl (C=O) groups excluding carboxylic acids is 2. The lowest BCUT2D eigenvalue weighted by atomic mass is 9.82. The molecule has 0 N–H and O–H groups in total. The van der Waals surface area contributed by atoms with E-state index < -0.39 is 0 Å². The normalized spacial score (nSPS) is 12.8. The predicted octanol–water partition coefficient (Wildman–Crippen LogP) is 3.67. The Balaban J connectivity index is 2.24. The molecule has 0 fully saturated rings. The van der Waals surface area contributed by atoms with E-state index in [0.717, 1.165) is 17.5 Å². The van der Waals surface area contributed by atoms with Crippen LogP contribution in [0, 0.1) is 0 Å². The molecule has 20 heavy (non-hydrogen) atoms. The molecule has 2 heteroatoms. The van der Waals surface area contributed by atoms with Crippen LogP contribution in [0.25, 0.3) is 6.08 Å². The van der Waals surface area contributed by atoms with E-state index in [-0.39, 0.29) is 11.6 Å². The second kappa shape index (κ2) is 4.57. The second-order valence-electron chi connectivity index (χ2n) is 4.90. The quantitative estimate of drug-likeness (QED) is 0.706. The highest BCUT2D eigenvalue weighted by Gasteiger charge is 2.29. The number of carbonyl (C=O) groups is 2. The molecule has 0 radical (unpaired) electrons. The Labute approximate surface area is 117 Å². The molecular formula is C18H14O2. The maximum atomic E-state index is 12.5. The Hall–Kier alpha value is -2.48. The Kier molecular flexibility index (Phi) is 2.87. The van der Waals surface area contributed by atoms with Crippen LogP contribution in [0.1, 0.15) is 49.9 Å². The summed E-state index contributed by atoms with van der Waals surface area (Å²) in [6, 6.07) is 10.8. The summed E-state index contributed by atoms with van der Waals surface area (Å²) in [4.78, 5) is 25.1. The van der Waals surface area contributed by atoms with E-state index in [1.165, 1.54) is 0 Å². The van der Waals surface area contributed by atoms with E-state index in [1.54, 1.807) is 24.3 Å². The first-order valence-corrected chi connectivity index (χ1v) is 6.64. The van der Waals surface area contributed by atoms with E-state index in [9.17, 15) is 9.59 Å². The molecular weight excluding hydrogens is 248 g/mol. The number of hydrogen-bond donors (Lipinski definition) is 0. The van der Waals surface area contributed by atoms with Crippen molar-refractivity contribution < 1.29 is 9.59 Å². The van der Waals surface area contributed by atoms with E-state index in [2.05, 4.69) is 6.58 Å². The van der Waals surface area contributed by atoms with Crippen molar-refractivity contribution >= 4 is 17.6 Å². The molecule has 0 spiro atoms. The molecule has 2 nitrogen and oxygen atoms in total. The van der Waals surface area contributed by atoms with Crippen molar-refractivity contribution in [2.24, 2.45) is 0 Å². The maximum Gasteiger partial charge on any atom is 0.194 e. The third-order valence-electron chi connectivity index (χ3n) is 3.75. The number of benzene rings is 2. The van der Waals surface area contributed by atoms with Gasteiger partial charge < -0.3 is 0 Å². The van der Waals surface area contributed by atoms with Gasteiger partial charge in [0.25, 0.3) is 0 Å². The molecule has 2 aromatic rings. The average Bonchev–Trinajstić information content (AvgIpc) is 2.51. The third-order valence-corrected chi connectivity index (χ3v) is 3.75. The summed E-state index contributed by atoms with van der Waals surface area (Å²) < 4.78 is 0. The van der Waals surface area contributed by atoms with Crippen LogP contribution in [0.4, 0.5) is 0 Å². The van der Waals surface area contributed by atoms with Gasteiger partial charge in [-0.05, 0) is 35.7 Å². The fourth-order valence-corrected chi connectivity index (χ4v) is 2.56. The Morgan fingerprint density at radius 3 is 2.10 bits per heavy atom. The Bertz CT molecular complexity index is 754. The summed E-state index contributed by atoms with van der Waals surface area (Å²) in [5.41, 5.74) is 3.90. The minimum absolute atomic E-state index is 0.0690. The molecule has 0 atom stereocenters. The van der Waals surface area contributed by atoms with E-state index in [0.29, 0.717) is 22.3 Å². The minimum atomic E-state index is -0.0825. The number of hydrogen-bond acceptors (Lipinski definition) is 2. The minimum Gasteiger partial charge on any atom is -0.289 e. The van der Waals surface area contributed by atoms with Gasteiger partial charge in [-0.1, -0.05) is 37.8 Å². The summed E-state index contributed by atoms with van der Waals surface area (Å²) in [7, 11) is 0. The zero-order chi connectivity index (χ0) is 14.3. The highest BCUT2D eigenvalue weighted by atomic mass is 16.1. The molecule has 1 aliphatic carbocycles. The average molecular weight is 262 g/mol. The van der Waals surface area contributed by atoms with Crippen LogP contribution in [0.15, 0.2) is 43.0 Å². The topological polar surface area (TPSA) is 34.1 Å². The highest BCUT2D eigenvalue weighted by Crippen LogP contribution is 2.29. The maximum absolute atomic E-state index is 12.5. The highest BCUT2D eigenvalue weighted by molar-refractivity contribution is 6.28. The SMILES string of the molecule is C=Cc1ccc2c(c1)C(=O)c1ccc(CC)cc1C2=O. The van der Waals surface area contributed by atoms with E-state index in [4.69, 9.17) is 0 Å². The van der Waals surface area contributed by atoms with Gasteiger partial charge in [0, 0.05) is 22.3 Å². The molecule has 98 valence electrons. The first-order valence-electron chi connectivity index (χ1n) is 6.64. The largest absolute Gasteiger partial charge is 0.289 e. The number of fused-ring (bicyclic) bond motifs is 2. The zero-order valence-electron chi connectivity index (χ0n) is 11.3. The third kappa shape index (κ3) is 1.73. The summed E-state index contributed by atoms with van der Waals surface area (Å²) in [5, 5.41) is 0. The van der Waals surface area contributed by atoms with Gasteiger partial charge in [0.2, 0.25) is 0 Å². The smallest absolute Gasteiger partial charge is 0.194 e. The molecule has 2 aromatic carbocycles.